The molecule has 0 saturated carbocycles. The van der Waals surface area contributed by atoms with E-state index in [1.54, 1.807) is 6.92 Å². The number of amides is 1. The van der Waals surface area contributed by atoms with Gasteiger partial charge < -0.3 is 10.1 Å². The highest BCUT2D eigenvalue weighted by Crippen LogP contribution is 2.34. The Balaban J connectivity index is 1.94. The number of carbonyl (C=O) groups is 1. The van der Waals surface area contributed by atoms with Crippen LogP contribution in [0.5, 0.6) is 5.75 Å². The number of ether oxygens (including phenoxy) is 1. The fourth-order valence-electron chi connectivity index (χ4n) is 2.10. The van der Waals surface area contributed by atoms with Gasteiger partial charge in [-0.3, -0.25) is 9.79 Å². The lowest BCUT2D eigenvalue weighted by Crippen LogP contribution is -2.31. The van der Waals surface area contributed by atoms with Crippen LogP contribution >= 0.6 is 0 Å². The van der Waals surface area contributed by atoms with Crippen LogP contribution in [0.4, 0.5) is 0 Å². The van der Waals surface area contributed by atoms with Gasteiger partial charge in [-0.15, -0.1) is 0 Å². The van der Waals surface area contributed by atoms with E-state index < -0.39 is 0 Å². The van der Waals surface area contributed by atoms with Crippen molar-refractivity contribution < 1.29 is 9.53 Å². The van der Waals surface area contributed by atoms with Crippen molar-refractivity contribution in [1.82, 2.24) is 5.32 Å². The molecule has 16 heavy (non-hydrogen) atoms. The van der Waals surface area contributed by atoms with Gasteiger partial charge in [0.1, 0.15) is 24.2 Å². The number of fused-ring (bicyclic) bond motifs is 1. The number of hydrogen-bond donors (Lipinski definition) is 1. The predicted octanol–water partition coefficient (Wildman–Crippen LogP) is 1.08. The van der Waals surface area contributed by atoms with Gasteiger partial charge in [-0.1, -0.05) is 18.2 Å². The first kappa shape index (κ1) is 9.39. The van der Waals surface area contributed by atoms with Crippen LogP contribution in [0.1, 0.15) is 18.4 Å². The van der Waals surface area contributed by atoms with Crippen LogP contribution in [0, 0.1) is 0 Å². The maximum absolute atomic E-state index is 11.4. The smallest absolute Gasteiger partial charge is 0.249 e. The number of amidine groups is 1. The molecule has 2 heterocycles. The second kappa shape index (κ2) is 3.33. The number of carbonyl (C=O) groups excluding carboxylic acids is 1. The maximum Gasteiger partial charge on any atom is 0.249 e. The Morgan fingerprint density at radius 3 is 3.00 bits per heavy atom. The molecule has 0 bridgehead atoms. The second-order valence-electron chi connectivity index (χ2n) is 4.08. The molecule has 0 fully saturated rings. The summed E-state index contributed by atoms with van der Waals surface area (Å²) >= 11 is 0. The lowest BCUT2D eigenvalue weighted by molar-refractivity contribution is -0.119. The second-order valence-corrected chi connectivity index (χ2v) is 4.08. The van der Waals surface area contributed by atoms with Gasteiger partial charge in [-0.05, 0) is 13.0 Å². The highest BCUT2D eigenvalue weighted by atomic mass is 16.5. The van der Waals surface area contributed by atoms with E-state index in [1.165, 1.54) is 0 Å². The third-order valence-electron chi connectivity index (χ3n) is 2.99. The molecule has 2 aliphatic rings. The Hall–Kier alpha value is -1.84. The van der Waals surface area contributed by atoms with Crippen molar-refractivity contribution >= 4 is 11.7 Å². The zero-order valence-corrected chi connectivity index (χ0v) is 8.93. The molecule has 0 saturated heterocycles. The fourth-order valence-corrected chi connectivity index (χ4v) is 2.10. The van der Waals surface area contributed by atoms with Crippen molar-refractivity contribution in [2.75, 3.05) is 6.61 Å². The molecule has 4 nitrogen and oxygen atoms in total. The van der Waals surface area contributed by atoms with Crippen LogP contribution in [-0.2, 0) is 4.79 Å². The number of rotatable bonds is 1. The molecule has 1 aromatic rings. The van der Waals surface area contributed by atoms with E-state index in [-0.39, 0.29) is 17.9 Å². The van der Waals surface area contributed by atoms with Gasteiger partial charge in [0.05, 0.1) is 5.92 Å². The summed E-state index contributed by atoms with van der Waals surface area (Å²) in [4.78, 5) is 15.7. The number of para-hydroxylation sites is 1. The summed E-state index contributed by atoms with van der Waals surface area (Å²) in [7, 11) is 0. The average Bonchev–Trinajstić information content (AvgIpc) is 2.83. The van der Waals surface area contributed by atoms with Crippen LogP contribution in [0.3, 0.4) is 0 Å². The summed E-state index contributed by atoms with van der Waals surface area (Å²) in [5.74, 6) is 1.68. The average molecular weight is 216 g/mol. The SMILES string of the molecule is CC1N=C(C2COc3ccccc32)NC1=O. The summed E-state index contributed by atoms with van der Waals surface area (Å²) in [5.41, 5.74) is 1.11. The van der Waals surface area contributed by atoms with Gasteiger partial charge in [0.25, 0.3) is 0 Å². The van der Waals surface area contributed by atoms with Gasteiger partial charge >= 0.3 is 0 Å². The minimum absolute atomic E-state index is 0.0284. The molecule has 0 aromatic heterocycles. The lowest BCUT2D eigenvalue weighted by Gasteiger charge is -2.07. The van der Waals surface area contributed by atoms with Gasteiger partial charge in [0, 0.05) is 5.56 Å². The Labute approximate surface area is 93.3 Å². The third kappa shape index (κ3) is 1.30. The van der Waals surface area contributed by atoms with Gasteiger partial charge in [0.2, 0.25) is 5.91 Å². The molecule has 1 N–H and O–H groups in total. The quantitative estimate of drug-likeness (QED) is 0.763. The van der Waals surface area contributed by atoms with E-state index in [1.807, 2.05) is 24.3 Å². The first-order valence-corrected chi connectivity index (χ1v) is 5.36. The summed E-state index contributed by atoms with van der Waals surface area (Å²) in [6, 6.07) is 7.60. The Morgan fingerprint density at radius 1 is 1.44 bits per heavy atom. The minimum Gasteiger partial charge on any atom is -0.492 e. The minimum atomic E-state index is -0.275. The number of nitrogens with one attached hydrogen (secondary N) is 1. The van der Waals surface area contributed by atoms with E-state index in [0.29, 0.717) is 6.61 Å². The predicted molar refractivity (Wildman–Crippen MR) is 59.7 cm³/mol. The van der Waals surface area contributed by atoms with Crippen molar-refractivity contribution in [2.24, 2.45) is 4.99 Å². The van der Waals surface area contributed by atoms with Gasteiger partial charge in [0.15, 0.2) is 0 Å². The first-order valence-electron chi connectivity index (χ1n) is 5.36. The van der Waals surface area contributed by atoms with Crippen molar-refractivity contribution in [2.45, 2.75) is 18.9 Å². The van der Waals surface area contributed by atoms with Gasteiger partial charge in [-0.2, -0.15) is 0 Å². The molecule has 0 spiro atoms. The van der Waals surface area contributed by atoms with Crippen LogP contribution < -0.4 is 10.1 Å². The van der Waals surface area contributed by atoms with E-state index in [0.717, 1.165) is 17.1 Å². The van der Waals surface area contributed by atoms with Gasteiger partial charge in [-0.25, -0.2) is 0 Å². The normalized spacial score (nSPS) is 27.1. The molecule has 2 atom stereocenters. The van der Waals surface area contributed by atoms with Crippen molar-refractivity contribution in [3.8, 4) is 5.75 Å². The topological polar surface area (TPSA) is 50.7 Å². The molecular formula is C12H12N2O2. The molecule has 2 aliphatic heterocycles. The molecule has 3 rings (SSSR count). The Bertz CT molecular complexity index is 482. The van der Waals surface area contributed by atoms with Crippen molar-refractivity contribution in [3.63, 3.8) is 0 Å². The third-order valence-corrected chi connectivity index (χ3v) is 2.99. The fraction of sp³-hybridized carbons (Fsp3) is 0.333. The monoisotopic (exact) mass is 216 g/mol. The molecule has 82 valence electrons. The number of hydrogen-bond acceptors (Lipinski definition) is 3. The number of aliphatic imine (C=N–C) groups is 1. The first-order chi connectivity index (χ1) is 7.75. The largest absolute Gasteiger partial charge is 0.492 e. The summed E-state index contributed by atoms with van der Waals surface area (Å²) in [6.07, 6.45) is 0. The van der Waals surface area contributed by atoms with Crippen LogP contribution in [-0.4, -0.2) is 24.4 Å². The van der Waals surface area contributed by atoms with Crippen LogP contribution in [0.15, 0.2) is 29.3 Å². The summed E-state index contributed by atoms with van der Waals surface area (Å²) in [5, 5.41) is 2.82. The molecule has 4 heteroatoms. The number of benzene rings is 1. The van der Waals surface area contributed by atoms with Crippen LogP contribution in [0.2, 0.25) is 0 Å². The van der Waals surface area contributed by atoms with Crippen LogP contribution in [0.25, 0.3) is 0 Å². The van der Waals surface area contributed by atoms with E-state index >= 15 is 0 Å². The zero-order chi connectivity index (χ0) is 11.1. The highest BCUT2D eigenvalue weighted by Gasteiger charge is 2.33. The van der Waals surface area contributed by atoms with Crippen molar-refractivity contribution in [3.05, 3.63) is 29.8 Å². The van der Waals surface area contributed by atoms with Crippen molar-refractivity contribution in [1.29, 1.82) is 0 Å². The molecule has 1 aromatic carbocycles. The molecule has 0 aliphatic carbocycles. The maximum atomic E-state index is 11.4. The summed E-state index contributed by atoms with van der Waals surface area (Å²) < 4.78 is 5.56. The number of nitrogens with zero attached hydrogens (tertiary/aromatic N) is 1. The van der Waals surface area contributed by atoms with E-state index in [9.17, 15) is 4.79 Å². The Kier molecular flexibility index (Phi) is 1.96. The lowest BCUT2D eigenvalue weighted by atomic mass is 10.0. The standard InChI is InChI=1S/C12H12N2O2/c1-7-12(15)14-11(13-7)9-6-16-10-5-3-2-4-8(9)10/h2-5,7,9H,6H2,1H3,(H,13,14,15). The molecule has 2 unspecified atom stereocenters. The highest BCUT2D eigenvalue weighted by molar-refractivity contribution is 6.08. The molecule has 0 radical (unpaired) electrons. The van der Waals surface area contributed by atoms with E-state index in [4.69, 9.17) is 4.74 Å². The Morgan fingerprint density at radius 2 is 2.25 bits per heavy atom. The molecule has 1 amide bonds. The molecular weight excluding hydrogens is 204 g/mol. The van der Waals surface area contributed by atoms with E-state index in [2.05, 4.69) is 10.3 Å². The zero-order valence-electron chi connectivity index (χ0n) is 8.93. The summed E-state index contributed by atoms with van der Waals surface area (Å²) in [6.45, 7) is 2.36.